The molecule has 0 amide bonds. The van der Waals surface area contributed by atoms with Crippen LogP contribution in [0.4, 0.5) is 0 Å². The summed E-state index contributed by atoms with van der Waals surface area (Å²) in [6.07, 6.45) is 7.46. The second-order valence-electron chi connectivity index (χ2n) is 11.6. The molecule has 1 aliphatic rings. The van der Waals surface area contributed by atoms with E-state index in [0.717, 1.165) is 73.0 Å². The molecule has 3 aromatic carbocycles. The number of pyridine rings is 4. The summed E-state index contributed by atoms with van der Waals surface area (Å²) in [5, 5.41) is 3.29. The highest BCUT2D eigenvalue weighted by atomic mass is 14.8. The fourth-order valence-electron chi connectivity index (χ4n) is 6.35. The summed E-state index contributed by atoms with van der Waals surface area (Å²) < 4.78 is 0. The van der Waals surface area contributed by atoms with Gasteiger partial charge in [-0.3, -0.25) is 4.98 Å². The Hall–Kier alpha value is -5.22. The van der Waals surface area contributed by atoms with Crippen LogP contribution in [0.2, 0.25) is 0 Å². The van der Waals surface area contributed by atoms with Gasteiger partial charge in [-0.2, -0.15) is 0 Å². The van der Waals surface area contributed by atoms with Crippen LogP contribution in [0.15, 0.2) is 115 Å². The van der Waals surface area contributed by atoms with Crippen molar-refractivity contribution in [3.63, 3.8) is 0 Å². The Kier molecular flexibility index (Phi) is 6.07. The number of hydrogen-bond donors (Lipinski definition) is 0. The fourth-order valence-corrected chi connectivity index (χ4v) is 6.35. The predicted octanol–water partition coefficient (Wildman–Crippen LogP) is 9.88. The van der Waals surface area contributed by atoms with Gasteiger partial charge in [-0.25, -0.2) is 15.0 Å². The Balaban J connectivity index is 1.34. The maximum absolute atomic E-state index is 5.32. The van der Waals surface area contributed by atoms with E-state index in [0.29, 0.717) is 11.8 Å². The number of allylic oxidation sites excluding steroid dienone is 1. The lowest BCUT2D eigenvalue weighted by molar-refractivity contribution is 0.499. The number of benzene rings is 3. The van der Waals surface area contributed by atoms with E-state index >= 15 is 0 Å². The van der Waals surface area contributed by atoms with Crippen LogP contribution in [0.5, 0.6) is 0 Å². The van der Waals surface area contributed by atoms with Gasteiger partial charge in [-0.05, 0) is 70.8 Å². The molecule has 0 bridgehead atoms. The van der Waals surface area contributed by atoms with Gasteiger partial charge in [0.1, 0.15) is 0 Å². The Morgan fingerprint density at radius 1 is 0.558 bits per heavy atom. The van der Waals surface area contributed by atoms with E-state index in [1.54, 1.807) is 0 Å². The second-order valence-corrected chi connectivity index (χ2v) is 11.6. The Labute approximate surface area is 250 Å². The first-order valence-corrected chi connectivity index (χ1v) is 15.0. The maximum Gasteiger partial charge on any atom is 0.0972 e. The van der Waals surface area contributed by atoms with E-state index < -0.39 is 0 Å². The minimum absolute atomic E-state index is 0.404. The summed E-state index contributed by atoms with van der Waals surface area (Å²) in [7, 11) is 0. The van der Waals surface area contributed by atoms with Crippen LogP contribution in [0, 0.1) is 5.92 Å². The Morgan fingerprint density at radius 3 is 1.98 bits per heavy atom. The van der Waals surface area contributed by atoms with Crippen LogP contribution < -0.4 is 0 Å². The van der Waals surface area contributed by atoms with Gasteiger partial charge >= 0.3 is 0 Å². The van der Waals surface area contributed by atoms with Crippen LogP contribution >= 0.6 is 0 Å². The molecule has 4 aromatic heterocycles. The summed E-state index contributed by atoms with van der Waals surface area (Å²) in [5.41, 5.74) is 11.0. The van der Waals surface area contributed by atoms with Crippen LogP contribution in [-0.4, -0.2) is 19.9 Å². The molecular weight excluding hydrogens is 524 g/mol. The van der Waals surface area contributed by atoms with Crippen LogP contribution in [0.25, 0.3) is 72.7 Å². The van der Waals surface area contributed by atoms with Gasteiger partial charge in [0, 0.05) is 22.4 Å². The zero-order chi connectivity index (χ0) is 28.9. The molecule has 2 atom stereocenters. The first-order chi connectivity index (χ1) is 21.1. The highest BCUT2D eigenvalue weighted by Crippen LogP contribution is 2.38. The molecule has 8 rings (SSSR count). The van der Waals surface area contributed by atoms with E-state index in [9.17, 15) is 0 Å². The molecule has 4 heteroatoms. The average molecular weight is 555 g/mol. The van der Waals surface area contributed by atoms with Crippen molar-refractivity contribution in [1.29, 1.82) is 0 Å². The first kappa shape index (κ1) is 25.5. The van der Waals surface area contributed by atoms with Crippen molar-refractivity contribution >= 4 is 38.8 Å². The van der Waals surface area contributed by atoms with Crippen molar-refractivity contribution in [3.8, 4) is 33.9 Å². The molecule has 4 nitrogen and oxygen atoms in total. The molecule has 2 unspecified atom stereocenters. The third-order valence-corrected chi connectivity index (χ3v) is 8.94. The molecule has 7 aromatic rings. The van der Waals surface area contributed by atoms with Crippen molar-refractivity contribution < 1.29 is 0 Å². The van der Waals surface area contributed by atoms with E-state index in [4.69, 9.17) is 15.0 Å². The van der Waals surface area contributed by atoms with Crippen molar-refractivity contribution in [2.75, 3.05) is 0 Å². The molecular formula is C39H30N4. The summed E-state index contributed by atoms with van der Waals surface area (Å²) in [6, 6.07) is 35.9. The molecule has 0 N–H and O–H groups in total. The third kappa shape index (κ3) is 4.47. The van der Waals surface area contributed by atoms with Crippen LogP contribution in [0.1, 0.15) is 37.3 Å². The van der Waals surface area contributed by atoms with E-state index in [-0.39, 0.29) is 0 Å². The molecule has 0 spiro atoms. The molecule has 0 radical (unpaired) electrons. The Bertz CT molecular complexity index is 2200. The molecule has 0 saturated carbocycles. The fraction of sp³-hybridized carbons (Fsp3) is 0.128. The summed E-state index contributed by atoms with van der Waals surface area (Å²) in [5.74, 6) is 0.949. The van der Waals surface area contributed by atoms with Crippen molar-refractivity contribution in [2.45, 2.75) is 26.2 Å². The van der Waals surface area contributed by atoms with Gasteiger partial charge in [0.15, 0.2) is 0 Å². The minimum atomic E-state index is 0.404. The molecule has 1 aliphatic carbocycles. The van der Waals surface area contributed by atoms with Gasteiger partial charge in [0.25, 0.3) is 0 Å². The van der Waals surface area contributed by atoms with Gasteiger partial charge < -0.3 is 0 Å². The lowest BCUT2D eigenvalue weighted by Crippen LogP contribution is -2.07. The molecule has 0 saturated heterocycles. The second kappa shape index (κ2) is 10.2. The van der Waals surface area contributed by atoms with Crippen LogP contribution in [-0.2, 0) is 0 Å². The number of nitrogens with zero attached hydrogens (tertiary/aromatic N) is 4. The third-order valence-electron chi connectivity index (χ3n) is 8.94. The molecule has 43 heavy (non-hydrogen) atoms. The zero-order valence-corrected chi connectivity index (χ0v) is 24.2. The standard InChI is InChI=1S/C39H30N4/c1-24-8-6-11-27-13-14-29-17-19-32(42-37(29)36(27)25(24)2)34-22-31(26-9-4-3-5-10-26)23-35(41-34)33-20-18-30-16-15-28-12-7-21-40-38(28)39(30)43-33/h3-7,9-25H,8H2,1-2H3. The van der Waals surface area contributed by atoms with E-state index in [1.165, 1.54) is 11.1 Å². The highest BCUT2D eigenvalue weighted by Gasteiger charge is 2.22. The number of hydrogen-bond acceptors (Lipinski definition) is 4. The predicted molar refractivity (Wildman–Crippen MR) is 178 cm³/mol. The van der Waals surface area contributed by atoms with Crippen molar-refractivity contribution in [3.05, 3.63) is 127 Å². The molecule has 0 fully saturated rings. The smallest absolute Gasteiger partial charge is 0.0972 e. The minimum Gasteiger partial charge on any atom is -0.254 e. The zero-order valence-electron chi connectivity index (χ0n) is 24.2. The summed E-state index contributed by atoms with van der Waals surface area (Å²) >= 11 is 0. The summed E-state index contributed by atoms with van der Waals surface area (Å²) in [4.78, 5) is 20.3. The maximum atomic E-state index is 5.32. The number of aromatic nitrogens is 4. The molecule has 0 aliphatic heterocycles. The topological polar surface area (TPSA) is 51.6 Å². The normalized spacial score (nSPS) is 16.4. The van der Waals surface area contributed by atoms with Crippen molar-refractivity contribution in [1.82, 2.24) is 19.9 Å². The van der Waals surface area contributed by atoms with Gasteiger partial charge in [0.2, 0.25) is 0 Å². The molecule has 206 valence electrons. The first-order valence-electron chi connectivity index (χ1n) is 15.0. The number of fused-ring (bicyclic) bond motifs is 6. The highest BCUT2D eigenvalue weighted by molar-refractivity contribution is 6.03. The van der Waals surface area contributed by atoms with Gasteiger partial charge in [0.05, 0.1) is 39.3 Å². The Morgan fingerprint density at radius 2 is 1.21 bits per heavy atom. The monoisotopic (exact) mass is 554 g/mol. The SMILES string of the molecule is CC1CC=Cc2ccc3ccc(-c4cc(-c5ccccc5)cc(-c5ccc6ccc7cccnc7c6n5)n4)nc3c2C1C. The van der Waals surface area contributed by atoms with Gasteiger partial charge in [-0.15, -0.1) is 0 Å². The van der Waals surface area contributed by atoms with E-state index in [1.807, 2.05) is 18.3 Å². The van der Waals surface area contributed by atoms with Crippen molar-refractivity contribution in [2.24, 2.45) is 5.92 Å². The van der Waals surface area contributed by atoms with E-state index in [2.05, 4.69) is 122 Å². The number of rotatable bonds is 3. The lowest BCUT2D eigenvalue weighted by atomic mass is 9.85. The molecule has 4 heterocycles. The average Bonchev–Trinajstić information content (AvgIpc) is 3.21. The largest absolute Gasteiger partial charge is 0.254 e. The lowest BCUT2D eigenvalue weighted by Gasteiger charge is -2.21. The van der Waals surface area contributed by atoms with Gasteiger partial charge in [-0.1, -0.05) is 98.8 Å². The quantitative estimate of drug-likeness (QED) is 0.204. The summed E-state index contributed by atoms with van der Waals surface area (Å²) in [6.45, 7) is 4.67. The van der Waals surface area contributed by atoms with Crippen LogP contribution in [0.3, 0.4) is 0 Å².